The molecule has 2 aromatic carbocycles. The Morgan fingerprint density at radius 3 is 1.82 bits per heavy atom. The summed E-state index contributed by atoms with van der Waals surface area (Å²) < 4.78 is 0. The molecule has 2 aromatic rings. The maximum absolute atomic E-state index is 10.9. The number of benzene rings is 2. The van der Waals surface area contributed by atoms with E-state index in [1.54, 1.807) is 0 Å². The number of phenols is 2. The fourth-order valence-corrected chi connectivity index (χ4v) is 4.92. The Morgan fingerprint density at radius 2 is 1.36 bits per heavy atom. The molecule has 150 valence electrons. The zero-order valence-corrected chi connectivity index (χ0v) is 18.1. The first kappa shape index (κ1) is 20.5. The first-order chi connectivity index (χ1) is 13.2. The fourth-order valence-electron chi connectivity index (χ4n) is 4.92. The Bertz CT molecular complexity index is 850. The molecule has 0 radical (unpaired) electrons. The molecule has 1 aliphatic rings. The lowest BCUT2D eigenvalue weighted by Gasteiger charge is -2.32. The largest absolute Gasteiger partial charge is 0.507 e. The Balaban J connectivity index is 2.13. The molecule has 2 heteroatoms. The van der Waals surface area contributed by atoms with Crippen molar-refractivity contribution in [2.75, 3.05) is 0 Å². The number of phenolic OH excluding ortho intramolecular Hbond substituents is 2. The number of allylic oxidation sites excluding steroid dienone is 2. The van der Waals surface area contributed by atoms with Gasteiger partial charge in [-0.1, -0.05) is 54.0 Å². The molecule has 0 saturated heterocycles. The van der Waals surface area contributed by atoms with Crippen LogP contribution in [-0.4, -0.2) is 10.2 Å². The highest BCUT2D eigenvalue weighted by atomic mass is 16.3. The zero-order valence-electron chi connectivity index (χ0n) is 18.1. The first-order valence-corrected chi connectivity index (χ1v) is 10.4. The molecule has 0 amide bonds. The van der Waals surface area contributed by atoms with Crippen molar-refractivity contribution in [2.45, 2.75) is 66.7 Å². The number of hydrogen-bond donors (Lipinski definition) is 2. The van der Waals surface area contributed by atoms with Crippen LogP contribution in [0.3, 0.4) is 0 Å². The monoisotopic (exact) mass is 378 g/mol. The quantitative estimate of drug-likeness (QED) is 0.571. The third kappa shape index (κ3) is 4.11. The predicted molar refractivity (Wildman–Crippen MR) is 117 cm³/mol. The Kier molecular flexibility index (Phi) is 5.88. The van der Waals surface area contributed by atoms with Crippen LogP contribution in [-0.2, 0) is 0 Å². The highest BCUT2D eigenvalue weighted by Gasteiger charge is 2.29. The van der Waals surface area contributed by atoms with Crippen molar-refractivity contribution in [3.8, 4) is 11.5 Å². The van der Waals surface area contributed by atoms with Crippen molar-refractivity contribution >= 4 is 0 Å². The van der Waals surface area contributed by atoms with Gasteiger partial charge in [0.15, 0.2) is 0 Å². The summed E-state index contributed by atoms with van der Waals surface area (Å²) in [7, 11) is 0. The summed E-state index contributed by atoms with van der Waals surface area (Å²) in [4.78, 5) is 0. The minimum atomic E-state index is -0.0172. The molecule has 0 bridgehead atoms. The van der Waals surface area contributed by atoms with E-state index in [1.807, 2.05) is 26.0 Å². The molecule has 3 rings (SSSR count). The van der Waals surface area contributed by atoms with E-state index in [0.29, 0.717) is 23.3 Å². The van der Waals surface area contributed by atoms with Crippen LogP contribution in [0.5, 0.6) is 11.5 Å². The lowest BCUT2D eigenvalue weighted by Crippen LogP contribution is -2.19. The summed E-state index contributed by atoms with van der Waals surface area (Å²) in [6.07, 6.45) is 5.63. The lowest BCUT2D eigenvalue weighted by atomic mass is 9.73. The molecule has 28 heavy (non-hydrogen) atoms. The lowest BCUT2D eigenvalue weighted by molar-refractivity contribution is 0.327. The molecule has 2 unspecified atom stereocenters. The van der Waals surface area contributed by atoms with E-state index in [4.69, 9.17) is 0 Å². The van der Waals surface area contributed by atoms with E-state index >= 15 is 0 Å². The second kappa shape index (κ2) is 8.03. The summed E-state index contributed by atoms with van der Waals surface area (Å²) in [6.45, 7) is 12.6. The van der Waals surface area contributed by atoms with Crippen molar-refractivity contribution in [3.63, 3.8) is 0 Å². The molecule has 0 fully saturated rings. The third-order valence-electron chi connectivity index (χ3n) is 6.44. The van der Waals surface area contributed by atoms with Gasteiger partial charge in [0.2, 0.25) is 0 Å². The zero-order chi connectivity index (χ0) is 20.6. The van der Waals surface area contributed by atoms with E-state index in [2.05, 4.69) is 45.9 Å². The Hall–Kier alpha value is -2.22. The SMILES string of the molecule is CC1=CC(C)C(CC(c2cc(C)cc(C)c2O)c2cc(C)cc(C)c2O)CC1. The number of aromatic hydroxyl groups is 2. The van der Waals surface area contributed by atoms with E-state index < -0.39 is 0 Å². The number of aryl methyl sites for hydroxylation is 4. The van der Waals surface area contributed by atoms with Gasteiger partial charge >= 0.3 is 0 Å². The maximum Gasteiger partial charge on any atom is 0.122 e. The van der Waals surface area contributed by atoms with Gasteiger partial charge < -0.3 is 10.2 Å². The van der Waals surface area contributed by atoms with Crippen LogP contribution in [0.15, 0.2) is 35.9 Å². The first-order valence-electron chi connectivity index (χ1n) is 10.4. The molecule has 0 spiro atoms. The smallest absolute Gasteiger partial charge is 0.122 e. The van der Waals surface area contributed by atoms with Crippen LogP contribution < -0.4 is 0 Å². The molecular formula is C26H34O2. The highest BCUT2D eigenvalue weighted by Crippen LogP contribution is 2.45. The van der Waals surface area contributed by atoms with Crippen molar-refractivity contribution in [1.82, 2.24) is 0 Å². The molecule has 2 atom stereocenters. The Labute approximate surface area is 169 Å². The molecule has 0 aliphatic heterocycles. The van der Waals surface area contributed by atoms with Gasteiger partial charge in [0.1, 0.15) is 11.5 Å². The summed E-state index contributed by atoms with van der Waals surface area (Å²) in [5, 5.41) is 21.9. The van der Waals surface area contributed by atoms with Gasteiger partial charge in [0.05, 0.1) is 0 Å². The molecule has 2 N–H and O–H groups in total. The van der Waals surface area contributed by atoms with E-state index in [-0.39, 0.29) is 5.92 Å². The maximum atomic E-state index is 10.9. The molecule has 1 aliphatic carbocycles. The van der Waals surface area contributed by atoms with Crippen molar-refractivity contribution < 1.29 is 10.2 Å². The van der Waals surface area contributed by atoms with Crippen molar-refractivity contribution in [1.29, 1.82) is 0 Å². The van der Waals surface area contributed by atoms with Gasteiger partial charge in [0, 0.05) is 17.0 Å². The summed E-state index contributed by atoms with van der Waals surface area (Å²) in [5.41, 5.74) is 7.45. The van der Waals surface area contributed by atoms with E-state index in [1.165, 1.54) is 5.57 Å². The van der Waals surface area contributed by atoms with Crippen LogP contribution in [0, 0.1) is 39.5 Å². The highest BCUT2D eigenvalue weighted by molar-refractivity contribution is 5.53. The van der Waals surface area contributed by atoms with Crippen LogP contribution in [0.25, 0.3) is 0 Å². The normalized spacial score (nSPS) is 19.8. The topological polar surface area (TPSA) is 40.5 Å². The van der Waals surface area contributed by atoms with Gasteiger partial charge in [-0.2, -0.15) is 0 Å². The van der Waals surface area contributed by atoms with Crippen molar-refractivity contribution in [2.24, 2.45) is 11.8 Å². The Morgan fingerprint density at radius 1 is 0.857 bits per heavy atom. The molecule has 0 saturated carbocycles. The molecule has 2 nitrogen and oxygen atoms in total. The van der Waals surface area contributed by atoms with Gasteiger partial charge in [0.25, 0.3) is 0 Å². The van der Waals surface area contributed by atoms with Gasteiger partial charge in [-0.25, -0.2) is 0 Å². The minimum absolute atomic E-state index is 0.0172. The summed E-state index contributed by atoms with van der Waals surface area (Å²) in [6, 6.07) is 8.23. The second-order valence-corrected chi connectivity index (χ2v) is 9.00. The fraction of sp³-hybridized carbons (Fsp3) is 0.462. The average molecular weight is 379 g/mol. The van der Waals surface area contributed by atoms with Crippen molar-refractivity contribution in [3.05, 3.63) is 69.3 Å². The number of hydrogen-bond acceptors (Lipinski definition) is 2. The minimum Gasteiger partial charge on any atom is -0.507 e. The van der Waals surface area contributed by atoms with Gasteiger partial charge in [-0.3, -0.25) is 0 Å². The van der Waals surface area contributed by atoms with Gasteiger partial charge in [-0.15, -0.1) is 0 Å². The summed E-state index contributed by atoms with van der Waals surface area (Å²) >= 11 is 0. The molecular weight excluding hydrogens is 344 g/mol. The standard InChI is InChI=1S/C26H34O2/c1-15-7-8-21(18(4)9-15)14-22(23-12-16(2)10-19(5)25(23)27)24-13-17(3)11-20(6)26(24)28/h9-13,18,21-22,27-28H,7-8,14H2,1-6H3. The predicted octanol–water partition coefficient (Wildman–Crippen LogP) is 6.85. The average Bonchev–Trinajstić information content (AvgIpc) is 2.61. The molecule has 0 aromatic heterocycles. The molecule has 0 heterocycles. The third-order valence-corrected chi connectivity index (χ3v) is 6.44. The van der Waals surface area contributed by atoms with Gasteiger partial charge in [-0.05, 0) is 76.8 Å². The summed E-state index contributed by atoms with van der Waals surface area (Å²) in [5.74, 6) is 1.76. The van der Waals surface area contributed by atoms with Crippen LogP contribution in [0.1, 0.15) is 72.4 Å². The van der Waals surface area contributed by atoms with Crippen LogP contribution in [0.4, 0.5) is 0 Å². The second-order valence-electron chi connectivity index (χ2n) is 9.00. The number of rotatable bonds is 4. The van der Waals surface area contributed by atoms with E-state index in [0.717, 1.165) is 52.6 Å². The van der Waals surface area contributed by atoms with E-state index in [9.17, 15) is 10.2 Å². The van der Waals surface area contributed by atoms with Crippen LogP contribution >= 0.6 is 0 Å². The van der Waals surface area contributed by atoms with Crippen LogP contribution in [0.2, 0.25) is 0 Å².